The molecule has 0 bridgehead atoms. The van der Waals surface area contributed by atoms with Crippen LogP contribution < -0.4 is 5.32 Å². The summed E-state index contributed by atoms with van der Waals surface area (Å²) in [6, 6.07) is 7.73. The summed E-state index contributed by atoms with van der Waals surface area (Å²) in [6.45, 7) is 4.78. The first kappa shape index (κ1) is 14.9. The van der Waals surface area contributed by atoms with Crippen molar-refractivity contribution in [3.05, 3.63) is 53.7 Å². The first-order valence-corrected chi connectivity index (χ1v) is 7.18. The van der Waals surface area contributed by atoms with E-state index < -0.39 is 11.6 Å². The van der Waals surface area contributed by atoms with Crippen molar-refractivity contribution < 1.29 is 8.78 Å². The summed E-state index contributed by atoms with van der Waals surface area (Å²) in [5.74, 6) is -1.14. The minimum Gasteiger partial charge on any atom is -0.310 e. The number of aromatic nitrogens is 1. The summed E-state index contributed by atoms with van der Waals surface area (Å²) in [4.78, 5) is 4.65. The van der Waals surface area contributed by atoms with Crippen molar-refractivity contribution in [3.63, 3.8) is 0 Å². The normalized spacial score (nSPS) is 11.1. The van der Waals surface area contributed by atoms with Gasteiger partial charge in [-0.1, -0.05) is 31.7 Å². The Kier molecular flexibility index (Phi) is 5.09. The van der Waals surface area contributed by atoms with E-state index in [0.717, 1.165) is 16.7 Å². The van der Waals surface area contributed by atoms with Crippen molar-refractivity contribution in [2.24, 2.45) is 0 Å². The highest BCUT2D eigenvalue weighted by Crippen LogP contribution is 2.30. The Balaban J connectivity index is 2.20. The Morgan fingerprint density at radius 2 is 2.05 bits per heavy atom. The highest BCUT2D eigenvalue weighted by Gasteiger charge is 2.10. The van der Waals surface area contributed by atoms with Gasteiger partial charge in [0.25, 0.3) is 0 Å². The van der Waals surface area contributed by atoms with Crippen LogP contribution in [-0.4, -0.2) is 11.0 Å². The maximum atomic E-state index is 13.7. The van der Waals surface area contributed by atoms with E-state index in [1.807, 2.05) is 12.1 Å². The van der Waals surface area contributed by atoms with E-state index in [9.17, 15) is 8.78 Å². The van der Waals surface area contributed by atoms with Gasteiger partial charge in [-0.3, -0.25) is 0 Å². The van der Waals surface area contributed by atoms with Crippen molar-refractivity contribution >= 4 is 11.8 Å². The van der Waals surface area contributed by atoms with Crippen molar-refractivity contribution in [1.82, 2.24) is 10.3 Å². The zero-order valence-electron chi connectivity index (χ0n) is 11.4. The van der Waals surface area contributed by atoms with Crippen LogP contribution in [0.5, 0.6) is 0 Å². The lowest BCUT2D eigenvalue weighted by atomic mass is 10.2. The molecule has 0 amide bonds. The van der Waals surface area contributed by atoms with Crippen LogP contribution in [0.4, 0.5) is 8.78 Å². The molecular weight excluding hydrogens is 278 g/mol. The van der Waals surface area contributed by atoms with Crippen LogP contribution >= 0.6 is 11.8 Å². The van der Waals surface area contributed by atoms with Gasteiger partial charge < -0.3 is 5.32 Å². The molecule has 1 heterocycles. The SMILES string of the molecule is CC(C)NCc1cccnc1Sc1ccc(F)cc1F. The molecule has 0 saturated heterocycles. The first-order chi connectivity index (χ1) is 9.56. The van der Waals surface area contributed by atoms with E-state index in [1.54, 1.807) is 6.20 Å². The molecule has 106 valence electrons. The molecule has 0 spiro atoms. The number of nitrogens with one attached hydrogen (secondary N) is 1. The quantitative estimate of drug-likeness (QED) is 0.902. The summed E-state index contributed by atoms with van der Waals surface area (Å²) in [5.41, 5.74) is 0.995. The maximum Gasteiger partial charge on any atom is 0.140 e. The minimum atomic E-state index is -0.574. The Hall–Kier alpha value is -1.46. The molecule has 2 rings (SSSR count). The lowest BCUT2D eigenvalue weighted by Gasteiger charge is -2.11. The van der Waals surface area contributed by atoms with Gasteiger partial charge in [0.2, 0.25) is 0 Å². The van der Waals surface area contributed by atoms with Crippen molar-refractivity contribution in [3.8, 4) is 0 Å². The number of pyridine rings is 1. The van der Waals surface area contributed by atoms with Crippen LogP contribution in [0, 0.1) is 11.6 Å². The van der Waals surface area contributed by atoms with Gasteiger partial charge in [0, 0.05) is 29.7 Å². The fraction of sp³-hybridized carbons (Fsp3) is 0.267. The first-order valence-electron chi connectivity index (χ1n) is 6.36. The highest BCUT2D eigenvalue weighted by molar-refractivity contribution is 7.99. The van der Waals surface area contributed by atoms with Crippen LogP contribution in [0.2, 0.25) is 0 Å². The number of hydrogen-bond donors (Lipinski definition) is 1. The monoisotopic (exact) mass is 294 g/mol. The Morgan fingerprint density at radius 1 is 1.25 bits per heavy atom. The maximum absolute atomic E-state index is 13.7. The third kappa shape index (κ3) is 4.02. The second-order valence-corrected chi connectivity index (χ2v) is 5.71. The van der Waals surface area contributed by atoms with E-state index in [-0.39, 0.29) is 0 Å². The van der Waals surface area contributed by atoms with Gasteiger partial charge in [-0.2, -0.15) is 0 Å². The molecule has 0 atom stereocenters. The molecule has 20 heavy (non-hydrogen) atoms. The lowest BCUT2D eigenvalue weighted by Crippen LogP contribution is -2.22. The molecule has 1 aromatic carbocycles. The number of benzene rings is 1. The largest absolute Gasteiger partial charge is 0.310 e. The topological polar surface area (TPSA) is 24.9 Å². The molecule has 0 aliphatic rings. The Bertz CT molecular complexity index is 588. The smallest absolute Gasteiger partial charge is 0.140 e. The molecule has 2 aromatic rings. The standard InChI is InChI=1S/C15H16F2N2S/c1-10(2)19-9-11-4-3-7-18-15(11)20-14-6-5-12(16)8-13(14)17/h3-8,10,19H,9H2,1-2H3. The van der Waals surface area contributed by atoms with Crippen LogP contribution in [0.1, 0.15) is 19.4 Å². The van der Waals surface area contributed by atoms with Crippen LogP contribution in [0.3, 0.4) is 0 Å². The van der Waals surface area contributed by atoms with Gasteiger partial charge in [0.15, 0.2) is 0 Å². The van der Waals surface area contributed by atoms with Gasteiger partial charge in [-0.15, -0.1) is 0 Å². The van der Waals surface area contributed by atoms with Crippen LogP contribution in [0.15, 0.2) is 46.5 Å². The number of nitrogens with zero attached hydrogens (tertiary/aromatic N) is 1. The number of hydrogen-bond acceptors (Lipinski definition) is 3. The summed E-state index contributed by atoms with van der Waals surface area (Å²) in [7, 11) is 0. The van der Waals surface area contributed by atoms with E-state index in [0.29, 0.717) is 17.5 Å². The average Bonchev–Trinajstić information content (AvgIpc) is 2.41. The molecule has 0 radical (unpaired) electrons. The molecule has 1 aromatic heterocycles. The summed E-state index contributed by atoms with van der Waals surface area (Å²) >= 11 is 1.21. The van der Waals surface area contributed by atoms with Crippen LogP contribution in [-0.2, 0) is 6.54 Å². The second kappa shape index (κ2) is 6.81. The fourth-order valence-corrected chi connectivity index (χ4v) is 2.51. The third-order valence-corrected chi connectivity index (χ3v) is 3.76. The Morgan fingerprint density at radius 3 is 2.75 bits per heavy atom. The molecule has 0 aliphatic carbocycles. The van der Waals surface area contributed by atoms with E-state index >= 15 is 0 Å². The lowest BCUT2D eigenvalue weighted by molar-refractivity contribution is 0.565. The highest BCUT2D eigenvalue weighted by atomic mass is 32.2. The molecule has 0 aliphatic heterocycles. The molecule has 2 nitrogen and oxygen atoms in total. The van der Waals surface area contributed by atoms with Gasteiger partial charge >= 0.3 is 0 Å². The fourth-order valence-electron chi connectivity index (χ4n) is 1.63. The summed E-state index contributed by atoms with van der Waals surface area (Å²) < 4.78 is 26.6. The van der Waals surface area contributed by atoms with Gasteiger partial charge in [-0.25, -0.2) is 13.8 Å². The van der Waals surface area contributed by atoms with Crippen molar-refractivity contribution in [2.75, 3.05) is 0 Å². The van der Waals surface area contributed by atoms with Crippen molar-refractivity contribution in [1.29, 1.82) is 0 Å². The molecule has 5 heteroatoms. The van der Waals surface area contributed by atoms with Gasteiger partial charge in [-0.05, 0) is 23.8 Å². The van der Waals surface area contributed by atoms with Crippen LogP contribution in [0.25, 0.3) is 0 Å². The predicted molar refractivity (Wildman–Crippen MR) is 76.7 cm³/mol. The van der Waals surface area contributed by atoms with Gasteiger partial charge in [0.1, 0.15) is 16.7 Å². The molecule has 0 fully saturated rings. The zero-order chi connectivity index (χ0) is 14.5. The molecular formula is C15H16F2N2S. The minimum absolute atomic E-state index is 0.357. The Labute approximate surface area is 121 Å². The average molecular weight is 294 g/mol. The van der Waals surface area contributed by atoms with E-state index in [2.05, 4.69) is 24.1 Å². The summed E-state index contributed by atoms with van der Waals surface area (Å²) in [5, 5.41) is 4.03. The zero-order valence-corrected chi connectivity index (χ0v) is 12.2. The van der Waals surface area contributed by atoms with Gasteiger partial charge in [0.05, 0.1) is 0 Å². The predicted octanol–water partition coefficient (Wildman–Crippen LogP) is 4.01. The second-order valence-electron chi connectivity index (χ2n) is 4.68. The number of halogens is 2. The molecule has 0 unspecified atom stereocenters. The summed E-state index contributed by atoms with van der Waals surface area (Å²) in [6.07, 6.45) is 1.67. The molecule has 0 saturated carbocycles. The van der Waals surface area contributed by atoms with E-state index in [4.69, 9.17) is 0 Å². The van der Waals surface area contributed by atoms with Crippen molar-refractivity contribution in [2.45, 2.75) is 36.4 Å². The van der Waals surface area contributed by atoms with E-state index in [1.165, 1.54) is 23.9 Å². The molecule has 1 N–H and O–H groups in total. The third-order valence-electron chi connectivity index (χ3n) is 2.65. The number of rotatable bonds is 5.